The fourth-order valence-electron chi connectivity index (χ4n) is 2.81. The van der Waals surface area contributed by atoms with Crippen LogP contribution in [-0.2, 0) is 11.2 Å². The van der Waals surface area contributed by atoms with E-state index in [4.69, 9.17) is 5.73 Å². The van der Waals surface area contributed by atoms with E-state index in [1.165, 1.54) is 5.56 Å². The minimum atomic E-state index is 0.241. The van der Waals surface area contributed by atoms with Gasteiger partial charge in [0.15, 0.2) is 0 Å². The van der Waals surface area contributed by atoms with Crippen molar-refractivity contribution in [1.82, 2.24) is 4.90 Å². The van der Waals surface area contributed by atoms with E-state index in [9.17, 15) is 4.79 Å². The highest BCUT2D eigenvalue weighted by Crippen LogP contribution is 2.22. The van der Waals surface area contributed by atoms with Gasteiger partial charge in [0.1, 0.15) is 0 Å². The Morgan fingerprint density at radius 3 is 2.70 bits per heavy atom. The molecule has 0 heterocycles. The highest BCUT2D eigenvalue weighted by molar-refractivity contribution is 9.10. The third kappa shape index (κ3) is 4.32. The summed E-state index contributed by atoms with van der Waals surface area (Å²) in [5, 5.41) is 0. The van der Waals surface area contributed by atoms with Crippen LogP contribution >= 0.6 is 15.9 Å². The maximum Gasteiger partial charge on any atom is 0.222 e. The SMILES string of the molecule is CN(C(=O)CCc1cccc(Br)c1)C1CCC(N)CC1. The molecule has 0 spiro atoms. The number of aryl methyl sites for hydroxylation is 1. The van der Waals surface area contributed by atoms with E-state index in [1.807, 2.05) is 24.1 Å². The van der Waals surface area contributed by atoms with E-state index in [0.717, 1.165) is 36.6 Å². The number of carbonyl (C=O) groups excluding carboxylic acids is 1. The van der Waals surface area contributed by atoms with Gasteiger partial charge in [-0.1, -0.05) is 28.1 Å². The number of hydrogen-bond donors (Lipinski definition) is 1. The normalized spacial score (nSPS) is 22.6. The van der Waals surface area contributed by atoms with Crippen LogP contribution in [0.15, 0.2) is 28.7 Å². The molecule has 1 aromatic carbocycles. The highest BCUT2D eigenvalue weighted by Gasteiger charge is 2.24. The van der Waals surface area contributed by atoms with Crippen molar-refractivity contribution in [2.75, 3.05) is 7.05 Å². The molecule has 0 radical (unpaired) electrons. The zero-order valence-electron chi connectivity index (χ0n) is 12.0. The molecule has 1 aromatic rings. The average Bonchev–Trinajstić information content (AvgIpc) is 2.45. The Hall–Kier alpha value is -0.870. The van der Waals surface area contributed by atoms with E-state index in [2.05, 4.69) is 28.1 Å². The molecule has 1 aliphatic carbocycles. The van der Waals surface area contributed by atoms with Gasteiger partial charge in [-0.15, -0.1) is 0 Å². The molecule has 1 aliphatic rings. The molecule has 0 bridgehead atoms. The van der Waals surface area contributed by atoms with Crippen molar-refractivity contribution in [3.8, 4) is 0 Å². The Balaban J connectivity index is 1.82. The van der Waals surface area contributed by atoms with Crippen LogP contribution < -0.4 is 5.73 Å². The Bertz CT molecular complexity index is 456. The molecule has 0 unspecified atom stereocenters. The van der Waals surface area contributed by atoms with Gasteiger partial charge in [0.2, 0.25) is 5.91 Å². The molecule has 2 N–H and O–H groups in total. The third-order valence-corrected chi connectivity index (χ3v) is 4.69. The second-order valence-electron chi connectivity index (χ2n) is 5.70. The van der Waals surface area contributed by atoms with Crippen LogP contribution in [0.4, 0.5) is 0 Å². The Kier molecular flexibility index (Phi) is 5.61. The third-order valence-electron chi connectivity index (χ3n) is 4.20. The first-order valence-electron chi connectivity index (χ1n) is 7.32. The van der Waals surface area contributed by atoms with Crippen LogP contribution in [0.3, 0.4) is 0 Å². The Morgan fingerprint density at radius 2 is 2.05 bits per heavy atom. The standard InChI is InChI=1S/C16H23BrN2O/c1-19(15-8-6-14(18)7-9-15)16(20)10-5-12-3-2-4-13(17)11-12/h2-4,11,14-15H,5-10,18H2,1H3. The maximum absolute atomic E-state index is 12.3. The fourth-order valence-corrected chi connectivity index (χ4v) is 3.26. The summed E-state index contributed by atoms with van der Waals surface area (Å²) in [4.78, 5) is 14.2. The van der Waals surface area contributed by atoms with Gasteiger partial charge in [0, 0.05) is 30.0 Å². The van der Waals surface area contributed by atoms with Crippen LogP contribution in [0.25, 0.3) is 0 Å². The predicted octanol–water partition coefficient (Wildman–Crippen LogP) is 3.11. The molecule has 1 amide bonds. The van der Waals surface area contributed by atoms with Crippen LogP contribution in [0.2, 0.25) is 0 Å². The maximum atomic E-state index is 12.3. The van der Waals surface area contributed by atoms with Crippen molar-refractivity contribution in [1.29, 1.82) is 0 Å². The predicted molar refractivity (Wildman–Crippen MR) is 85.5 cm³/mol. The molecule has 110 valence electrons. The topological polar surface area (TPSA) is 46.3 Å². The quantitative estimate of drug-likeness (QED) is 0.916. The summed E-state index contributed by atoms with van der Waals surface area (Å²) in [5.41, 5.74) is 7.11. The number of rotatable bonds is 4. The van der Waals surface area contributed by atoms with E-state index in [0.29, 0.717) is 18.5 Å². The summed E-state index contributed by atoms with van der Waals surface area (Å²) in [6, 6.07) is 8.87. The molecule has 1 fully saturated rings. The van der Waals surface area contributed by atoms with Crippen molar-refractivity contribution in [3.05, 3.63) is 34.3 Å². The van der Waals surface area contributed by atoms with Crippen LogP contribution in [0.1, 0.15) is 37.7 Å². The summed E-state index contributed by atoms with van der Waals surface area (Å²) < 4.78 is 1.07. The lowest BCUT2D eigenvalue weighted by Crippen LogP contribution is -2.41. The minimum Gasteiger partial charge on any atom is -0.343 e. The van der Waals surface area contributed by atoms with Gasteiger partial charge in [-0.05, 0) is 49.8 Å². The number of nitrogens with zero attached hydrogens (tertiary/aromatic N) is 1. The number of nitrogens with two attached hydrogens (primary N) is 1. The first kappa shape index (κ1) is 15.5. The van der Waals surface area contributed by atoms with Gasteiger partial charge < -0.3 is 10.6 Å². The summed E-state index contributed by atoms with van der Waals surface area (Å²) in [5.74, 6) is 0.241. The molecule has 2 rings (SSSR count). The summed E-state index contributed by atoms with van der Waals surface area (Å²) in [7, 11) is 1.94. The minimum absolute atomic E-state index is 0.241. The van der Waals surface area contributed by atoms with Gasteiger partial charge in [0.25, 0.3) is 0 Å². The second-order valence-corrected chi connectivity index (χ2v) is 6.62. The van der Waals surface area contributed by atoms with E-state index in [1.54, 1.807) is 0 Å². The monoisotopic (exact) mass is 338 g/mol. The number of halogens is 1. The molecule has 0 aliphatic heterocycles. The van der Waals surface area contributed by atoms with E-state index in [-0.39, 0.29) is 5.91 Å². The van der Waals surface area contributed by atoms with Crippen LogP contribution in [-0.4, -0.2) is 29.9 Å². The Morgan fingerprint density at radius 1 is 1.35 bits per heavy atom. The lowest BCUT2D eigenvalue weighted by Gasteiger charge is -2.33. The first-order valence-corrected chi connectivity index (χ1v) is 8.11. The number of amides is 1. The molecular weight excluding hydrogens is 316 g/mol. The van der Waals surface area contributed by atoms with Crippen molar-refractivity contribution in [3.63, 3.8) is 0 Å². The fraction of sp³-hybridized carbons (Fsp3) is 0.562. The zero-order valence-corrected chi connectivity index (χ0v) is 13.6. The van der Waals surface area contributed by atoms with Gasteiger partial charge in [-0.3, -0.25) is 4.79 Å². The molecule has 20 heavy (non-hydrogen) atoms. The van der Waals surface area contributed by atoms with Gasteiger partial charge in [-0.2, -0.15) is 0 Å². The number of benzene rings is 1. The lowest BCUT2D eigenvalue weighted by molar-refractivity contribution is -0.132. The molecule has 0 saturated heterocycles. The summed E-state index contributed by atoms with van der Waals surface area (Å²) in [6.07, 6.45) is 5.53. The van der Waals surface area contributed by atoms with Gasteiger partial charge in [0.05, 0.1) is 0 Å². The highest BCUT2D eigenvalue weighted by atomic mass is 79.9. The Labute approximate surface area is 129 Å². The van der Waals surface area contributed by atoms with Crippen molar-refractivity contribution in [2.45, 2.75) is 50.6 Å². The van der Waals surface area contributed by atoms with Crippen molar-refractivity contribution in [2.24, 2.45) is 5.73 Å². The van der Waals surface area contributed by atoms with Crippen LogP contribution in [0, 0.1) is 0 Å². The zero-order chi connectivity index (χ0) is 14.5. The molecule has 0 atom stereocenters. The summed E-state index contributed by atoms with van der Waals surface area (Å²) in [6.45, 7) is 0. The first-order chi connectivity index (χ1) is 9.56. The van der Waals surface area contributed by atoms with Crippen molar-refractivity contribution < 1.29 is 4.79 Å². The molecule has 3 nitrogen and oxygen atoms in total. The van der Waals surface area contributed by atoms with E-state index < -0.39 is 0 Å². The molecule has 0 aromatic heterocycles. The van der Waals surface area contributed by atoms with Gasteiger partial charge in [-0.25, -0.2) is 0 Å². The molecular formula is C16H23BrN2O. The lowest BCUT2D eigenvalue weighted by atomic mass is 9.91. The average molecular weight is 339 g/mol. The largest absolute Gasteiger partial charge is 0.343 e. The molecule has 1 saturated carbocycles. The van der Waals surface area contributed by atoms with Gasteiger partial charge >= 0.3 is 0 Å². The van der Waals surface area contributed by atoms with Crippen molar-refractivity contribution >= 4 is 21.8 Å². The molecule has 4 heteroatoms. The van der Waals surface area contributed by atoms with Crippen LogP contribution in [0.5, 0.6) is 0 Å². The number of hydrogen-bond acceptors (Lipinski definition) is 2. The second kappa shape index (κ2) is 7.23. The summed E-state index contributed by atoms with van der Waals surface area (Å²) >= 11 is 3.46. The smallest absolute Gasteiger partial charge is 0.222 e. The number of carbonyl (C=O) groups is 1. The van der Waals surface area contributed by atoms with E-state index >= 15 is 0 Å².